The van der Waals surface area contributed by atoms with Gasteiger partial charge >= 0.3 is 0 Å². The van der Waals surface area contributed by atoms with E-state index in [0.29, 0.717) is 10.7 Å². The van der Waals surface area contributed by atoms with E-state index < -0.39 is 0 Å². The molecule has 0 radical (unpaired) electrons. The largest absolute Gasteiger partial charge is 0.323 e. The van der Waals surface area contributed by atoms with Gasteiger partial charge < -0.3 is 5.32 Å². The van der Waals surface area contributed by atoms with Crippen LogP contribution in [0, 0.1) is 6.92 Å². The second-order valence-corrected chi connectivity index (χ2v) is 5.86. The van der Waals surface area contributed by atoms with Gasteiger partial charge in [0.2, 0.25) is 5.91 Å². The summed E-state index contributed by atoms with van der Waals surface area (Å²) in [6.07, 6.45) is 0.882. The molecule has 0 spiro atoms. The number of fused-ring (bicyclic) bond motifs is 1. The summed E-state index contributed by atoms with van der Waals surface area (Å²) in [5.41, 5.74) is 4.45. The van der Waals surface area contributed by atoms with Crippen LogP contribution >= 0.6 is 11.6 Å². The Morgan fingerprint density at radius 3 is 2.87 bits per heavy atom. The predicted molar refractivity (Wildman–Crippen MR) is 91.7 cm³/mol. The van der Waals surface area contributed by atoms with Gasteiger partial charge in [0.25, 0.3) is 0 Å². The molecule has 1 aromatic heterocycles. The summed E-state index contributed by atoms with van der Waals surface area (Å²) in [6, 6.07) is 11.5. The van der Waals surface area contributed by atoms with E-state index in [0.717, 1.165) is 28.6 Å². The number of carbonyl (C=O) groups excluding carboxylic acids is 1. The van der Waals surface area contributed by atoms with Gasteiger partial charge in [-0.05, 0) is 48.7 Å². The molecule has 1 N–H and O–H groups in total. The van der Waals surface area contributed by atoms with Gasteiger partial charge in [0.15, 0.2) is 0 Å². The van der Waals surface area contributed by atoms with E-state index in [2.05, 4.69) is 22.6 Å². The van der Waals surface area contributed by atoms with Crippen molar-refractivity contribution in [1.82, 2.24) is 15.0 Å². The number of nitrogens with zero attached hydrogens (tertiary/aromatic N) is 3. The van der Waals surface area contributed by atoms with E-state index in [4.69, 9.17) is 11.6 Å². The molecule has 118 valence electrons. The summed E-state index contributed by atoms with van der Waals surface area (Å²) in [5, 5.41) is 11.5. The van der Waals surface area contributed by atoms with Crippen LogP contribution in [0.15, 0.2) is 36.4 Å². The van der Waals surface area contributed by atoms with Crippen molar-refractivity contribution >= 4 is 34.2 Å². The van der Waals surface area contributed by atoms with E-state index >= 15 is 0 Å². The number of nitrogens with one attached hydrogen (secondary N) is 1. The highest BCUT2D eigenvalue weighted by atomic mass is 35.5. The maximum atomic E-state index is 12.3. The van der Waals surface area contributed by atoms with Crippen LogP contribution in [0.25, 0.3) is 11.0 Å². The van der Waals surface area contributed by atoms with Crippen molar-refractivity contribution in [1.29, 1.82) is 0 Å². The summed E-state index contributed by atoms with van der Waals surface area (Å²) >= 11 is 6.15. The number of aryl methyl sites for hydroxylation is 2. The molecule has 0 aliphatic rings. The van der Waals surface area contributed by atoms with E-state index in [-0.39, 0.29) is 12.5 Å². The average Bonchev–Trinajstić information content (AvgIpc) is 2.91. The number of rotatable bonds is 4. The Bertz CT molecular complexity index is 872. The normalized spacial score (nSPS) is 10.9. The molecule has 3 rings (SSSR count). The van der Waals surface area contributed by atoms with Crippen molar-refractivity contribution in [2.45, 2.75) is 26.8 Å². The summed E-state index contributed by atoms with van der Waals surface area (Å²) in [4.78, 5) is 12.3. The molecule has 0 saturated carbocycles. The Hall–Kier alpha value is -2.40. The molecule has 0 bridgehead atoms. The van der Waals surface area contributed by atoms with Gasteiger partial charge in [0.1, 0.15) is 12.1 Å². The molecule has 0 atom stereocenters. The van der Waals surface area contributed by atoms with E-state index in [9.17, 15) is 4.79 Å². The molecular formula is C17H17ClN4O. The van der Waals surface area contributed by atoms with Crippen LogP contribution in [0.2, 0.25) is 5.02 Å². The van der Waals surface area contributed by atoms with Gasteiger partial charge in [-0.25, -0.2) is 4.68 Å². The van der Waals surface area contributed by atoms with Crippen molar-refractivity contribution in [3.8, 4) is 0 Å². The topological polar surface area (TPSA) is 59.8 Å². The molecule has 0 aliphatic carbocycles. The van der Waals surface area contributed by atoms with Crippen LogP contribution in [0.5, 0.6) is 0 Å². The monoisotopic (exact) mass is 328 g/mol. The van der Waals surface area contributed by atoms with Gasteiger partial charge in [-0.2, -0.15) is 0 Å². The number of benzene rings is 2. The molecule has 6 heteroatoms. The Kier molecular flexibility index (Phi) is 4.30. The fourth-order valence-electron chi connectivity index (χ4n) is 2.41. The van der Waals surface area contributed by atoms with Crippen molar-refractivity contribution in [3.63, 3.8) is 0 Å². The molecule has 3 aromatic rings. The average molecular weight is 329 g/mol. The minimum Gasteiger partial charge on any atom is -0.323 e. The summed E-state index contributed by atoms with van der Waals surface area (Å²) in [5.74, 6) is -0.187. The lowest BCUT2D eigenvalue weighted by Gasteiger charge is -2.09. The first-order valence-electron chi connectivity index (χ1n) is 7.45. The standard InChI is InChI=1S/C17H17ClN4O/c1-3-12-5-6-13(18)15(9-12)19-17(23)10-22-16-8-11(2)4-7-14(16)20-21-22/h4-9H,3,10H2,1-2H3,(H,19,23). The van der Waals surface area contributed by atoms with Crippen LogP contribution in [0.3, 0.4) is 0 Å². The van der Waals surface area contributed by atoms with Gasteiger partial charge in [0, 0.05) is 0 Å². The minimum atomic E-state index is -0.187. The van der Waals surface area contributed by atoms with Crippen molar-refractivity contribution in [2.75, 3.05) is 5.32 Å². The van der Waals surface area contributed by atoms with Crippen molar-refractivity contribution < 1.29 is 4.79 Å². The van der Waals surface area contributed by atoms with E-state index in [1.807, 2.05) is 37.3 Å². The predicted octanol–water partition coefficient (Wildman–Crippen LogP) is 3.59. The Morgan fingerprint density at radius 1 is 1.26 bits per heavy atom. The molecule has 0 fully saturated rings. The molecule has 23 heavy (non-hydrogen) atoms. The van der Waals surface area contributed by atoms with Gasteiger partial charge in [-0.3, -0.25) is 4.79 Å². The van der Waals surface area contributed by atoms with Gasteiger partial charge in [-0.1, -0.05) is 35.9 Å². The van der Waals surface area contributed by atoms with Crippen LogP contribution in [-0.2, 0) is 17.8 Å². The number of halogens is 1. The quantitative estimate of drug-likeness (QED) is 0.796. The first-order chi connectivity index (χ1) is 11.1. The lowest BCUT2D eigenvalue weighted by Crippen LogP contribution is -2.19. The molecule has 1 heterocycles. The molecule has 0 unspecified atom stereocenters. The van der Waals surface area contributed by atoms with Crippen molar-refractivity contribution in [3.05, 3.63) is 52.5 Å². The third kappa shape index (κ3) is 3.35. The smallest absolute Gasteiger partial charge is 0.246 e. The highest BCUT2D eigenvalue weighted by Gasteiger charge is 2.11. The second kappa shape index (κ2) is 6.38. The zero-order chi connectivity index (χ0) is 16.4. The minimum absolute atomic E-state index is 0.0899. The highest BCUT2D eigenvalue weighted by molar-refractivity contribution is 6.33. The molecule has 1 amide bonds. The molecule has 5 nitrogen and oxygen atoms in total. The number of hydrogen-bond donors (Lipinski definition) is 1. The third-order valence-electron chi connectivity index (χ3n) is 3.68. The van der Waals surface area contributed by atoms with Gasteiger partial charge in [-0.15, -0.1) is 5.10 Å². The Labute approximate surface area is 139 Å². The molecule has 0 saturated heterocycles. The number of hydrogen-bond acceptors (Lipinski definition) is 3. The fraction of sp³-hybridized carbons (Fsp3) is 0.235. The summed E-state index contributed by atoms with van der Waals surface area (Å²) < 4.78 is 1.59. The fourth-order valence-corrected chi connectivity index (χ4v) is 2.57. The van der Waals surface area contributed by atoms with E-state index in [1.54, 1.807) is 10.7 Å². The van der Waals surface area contributed by atoms with Crippen molar-refractivity contribution in [2.24, 2.45) is 0 Å². The maximum absolute atomic E-state index is 12.3. The third-order valence-corrected chi connectivity index (χ3v) is 4.01. The van der Waals surface area contributed by atoms with Crippen LogP contribution in [0.4, 0.5) is 5.69 Å². The first kappa shape index (κ1) is 15.5. The number of anilines is 1. The SMILES string of the molecule is CCc1ccc(Cl)c(NC(=O)Cn2nnc3ccc(C)cc32)c1. The Balaban J connectivity index is 1.80. The molecular weight excluding hydrogens is 312 g/mol. The highest BCUT2D eigenvalue weighted by Crippen LogP contribution is 2.23. The van der Waals surface area contributed by atoms with E-state index in [1.165, 1.54) is 0 Å². The zero-order valence-corrected chi connectivity index (χ0v) is 13.8. The summed E-state index contributed by atoms with van der Waals surface area (Å²) in [6.45, 7) is 4.14. The maximum Gasteiger partial charge on any atom is 0.246 e. The number of amides is 1. The van der Waals surface area contributed by atoms with Gasteiger partial charge in [0.05, 0.1) is 16.2 Å². The van der Waals surface area contributed by atoms with Crippen LogP contribution in [-0.4, -0.2) is 20.9 Å². The summed E-state index contributed by atoms with van der Waals surface area (Å²) in [7, 11) is 0. The van der Waals surface area contributed by atoms with Crippen LogP contribution < -0.4 is 5.32 Å². The lowest BCUT2D eigenvalue weighted by molar-refractivity contribution is -0.116. The molecule has 0 aliphatic heterocycles. The van der Waals surface area contributed by atoms with Crippen LogP contribution in [0.1, 0.15) is 18.1 Å². The lowest BCUT2D eigenvalue weighted by atomic mass is 10.1. The molecule has 2 aromatic carbocycles. The number of carbonyl (C=O) groups is 1. The second-order valence-electron chi connectivity index (χ2n) is 5.46. The zero-order valence-electron chi connectivity index (χ0n) is 13.0. The Morgan fingerprint density at radius 2 is 2.09 bits per heavy atom. The first-order valence-corrected chi connectivity index (χ1v) is 7.82. The number of aromatic nitrogens is 3.